The van der Waals surface area contributed by atoms with Gasteiger partial charge in [0, 0.05) is 0 Å². The van der Waals surface area contributed by atoms with Crippen molar-refractivity contribution in [3.8, 4) is 0 Å². The minimum atomic E-state index is -1.67. The summed E-state index contributed by atoms with van der Waals surface area (Å²) in [7, 11) is 0. The summed E-state index contributed by atoms with van der Waals surface area (Å²) in [5, 5.41) is 76.6. The van der Waals surface area contributed by atoms with E-state index in [1.54, 1.807) is 0 Å². The number of aliphatic hydroxyl groups excluding tert-OH is 7. The number of hydrogen-bond donors (Lipinski definition) is 8. The molecule has 1 aliphatic rings. The summed E-state index contributed by atoms with van der Waals surface area (Å²) in [6.45, 7) is 3.51. The third-order valence-corrected chi connectivity index (χ3v) is 18.5. The summed E-state index contributed by atoms with van der Waals surface area (Å²) < 4.78 is 11.2. The highest BCUT2D eigenvalue weighted by Crippen LogP contribution is 2.24. The first-order valence-electron chi connectivity index (χ1n) is 37.7. The highest BCUT2D eigenvalue weighted by atomic mass is 16.7. The largest absolute Gasteiger partial charge is 0.394 e. The monoisotopic (exact) mass is 1220 g/mol. The van der Waals surface area contributed by atoms with E-state index in [9.17, 15) is 40.5 Å². The van der Waals surface area contributed by atoms with Crippen molar-refractivity contribution >= 4 is 5.91 Å². The van der Waals surface area contributed by atoms with Crippen LogP contribution in [0.3, 0.4) is 0 Å². The molecule has 0 bridgehead atoms. The van der Waals surface area contributed by atoms with Crippen LogP contribution >= 0.6 is 0 Å². The lowest BCUT2D eigenvalue weighted by atomic mass is 9.98. The van der Waals surface area contributed by atoms with Gasteiger partial charge in [0.05, 0.1) is 25.4 Å². The summed E-state index contributed by atoms with van der Waals surface area (Å²) in [4.78, 5) is 13.3. The Kier molecular flexibility index (Phi) is 61.2. The maximum atomic E-state index is 13.3. The lowest BCUT2D eigenvalue weighted by molar-refractivity contribution is -0.303. The van der Waals surface area contributed by atoms with Gasteiger partial charge in [-0.1, -0.05) is 340 Å². The Morgan fingerprint density at radius 1 is 0.395 bits per heavy atom. The lowest BCUT2D eigenvalue weighted by Gasteiger charge is -2.40. The fourth-order valence-corrected chi connectivity index (χ4v) is 12.4. The van der Waals surface area contributed by atoms with Crippen LogP contribution in [0.1, 0.15) is 380 Å². The summed E-state index contributed by atoms with van der Waals surface area (Å²) in [5.74, 6) is -0.699. The molecule has 1 fully saturated rings. The number of ether oxygens (including phenoxy) is 2. The highest BCUT2D eigenvalue weighted by Gasteiger charge is 2.44. The van der Waals surface area contributed by atoms with E-state index in [1.807, 2.05) is 0 Å². The zero-order chi connectivity index (χ0) is 62.4. The molecule has 0 aromatic heterocycles. The Hall–Kier alpha value is -1.41. The van der Waals surface area contributed by atoms with Gasteiger partial charge in [0.2, 0.25) is 5.91 Å². The Labute approximate surface area is 531 Å². The molecule has 86 heavy (non-hydrogen) atoms. The van der Waals surface area contributed by atoms with Crippen LogP contribution in [0.25, 0.3) is 0 Å². The molecule has 0 aromatic rings. The maximum Gasteiger partial charge on any atom is 0.249 e. The number of carbonyl (C=O) groups excluding carboxylic acids is 1. The minimum absolute atomic E-state index is 0.258. The third-order valence-electron chi connectivity index (χ3n) is 18.5. The van der Waals surface area contributed by atoms with Gasteiger partial charge in [-0.15, -0.1) is 0 Å². The molecule has 1 aliphatic heterocycles. The molecule has 9 atom stereocenters. The molecule has 8 N–H and O–H groups in total. The van der Waals surface area contributed by atoms with Gasteiger partial charge in [-0.05, 0) is 64.2 Å². The second-order valence-electron chi connectivity index (χ2n) is 26.7. The van der Waals surface area contributed by atoms with Gasteiger partial charge in [-0.2, -0.15) is 0 Å². The van der Waals surface area contributed by atoms with Gasteiger partial charge in [0.1, 0.15) is 36.6 Å². The SMILES string of the molecule is CCCCCCCCCCCCCCCC/C=C\CCCCCCCCCCCCCCCCCCC(O)C(=O)NC(COC1OC(CO)C(O)C(O)C1O)C(O)C(O)CCC/C=C/CCCCCCCCCCCCCCCCCCCCCC. The van der Waals surface area contributed by atoms with Gasteiger partial charge in [0.15, 0.2) is 6.29 Å². The average molecular weight is 1220 g/mol. The Balaban J connectivity index is 2.16. The molecule has 0 aromatic carbocycles. The van der Waals surface area contributed by atoms with Gasteiger partial charge in [-0.25, -0.2) is 0 Å². The molecule has 0 radical (unpaired) electrons. The molecule has 11 heteroatoms. The topological polar surface area (TPSA) is 189 Å². The van der Waals surface area contributed by atoms with E-state index >= 15 is 0 Å². The van der Waals surface area contributed by atoms with Crippen LogP contribution in [-0.2, 0) is 14.3 Å². The number of hydrogen-bond acceptors (Lipinski definition) is 10. The second-order valence-corrected chi connectivity index (χ2v) is 26.7. The predicted molar refractivity (Wildman–Crippen MR) is 362 cm³/mol. The van der Waals surface area contributed by atoms with Crippen LogP contribution in [0, 0.1) is 0 Å². The van der Waals surface area contributed by atoms with E-state index in [-0.39, 0.29) is 12.8 Å². The minimum Gasteiger partial charge on any atom is -0.394 e. The molecule has 510 valence electrons. The van der Waals surface area contributed by atoms with E-state index in [1.165, 1.54) is 302 Å². The number of rotatable bonds is 67. The molecule has 1 saturated heterocycles. The van der Waals surface area contributed by atoms with Crippen LogP contribution in [0.15, 0.2) is 24.3 Å². The second kappa shape index (κ2) is 63.7. The number of amides is 1. The summed E-state index contributed by atoms with van der Waals surface area (Å²) >= 11 is 0. The first kappa shape index (κ1) is 82.6. The Morgan fingerprint density at radius 2 is 0.686 bits per heavy atom. The molecule has 1 rings (SSSR count). The third kappa shape index (κ3) is 50.3. The van der Waals surface area contributed by atoms with Gasteiger partial charge in [-0.3, -0.25) is 4.79 Å². The molecule has 9 unspecified atom stereocenters. The Bertz CT molecular complexity index is 1450. The first-order valence-corrected chi connectivity index (χ1v) is 37.7. The Morgan fingerprint density at radius 3 is 1.00 bits per heavy atom. The van der Waals surface area contributed by atoms with Crippen LogP contribution < -0.4 is 5.32 Å². The zero-order valence-electron chi connectivity index (χ0n) is 56.6. The van der Waals surface area contributed by atoms with Crippen molar-refractivity contribution in [3.05, 3.63) is 24.3 Å². The molecule has 0 spiro atoms. The number of carbonyl (C=O) groups is 1. The van der Waals surface area contributed by atoms with Crippen molar-refractivity contribution in [3.63, 3.8) is 0 Å². The van der Waals surface area contributed by atoms with Crippen LogP contribution in [0.2, 0.25) is 0 Å². The van der Waals surface area contributed by atoms with Gasteiger partial charge < -0.3 is 50.5 Å². The summed E-state index contributed by atoms with van der Waals surface area (Å²) in [5.41, 5.74) is 0. The average Bonchev–Trinajstić information content (AvgIpc) is 3.28. The fourth-order valence-electron chi connectivity index (χ4n) is 12.4. The molecule has 1 amide bonds. The van der Waals surface area contributed by atoms with Crippen molar-refractivity contribution in [1.82, 2.24) is 5.32 Å². The number of unbranched alkanes of at least 4 members (excludes halogenated alkanes) is 51. The molecule has 0 aliphatic carbocycles. The van der Waals surface area contributed by atoms with Crippen molar-refractivity contribution < 1.29 is 50.0 Å². The summed E-state index contributed by atoms with van der Waals surface area (Å²) in [6, 6.07) is -1.18. The smallest absolute Gasteiger partial charge is 0.249 e. The normalized spacial score (nSPS) is 18.8. The standard InChI is InChI=1S/C75H145NO10/c1-3-5-7-9-11-13-15-17-19-21-23-25-27-29-30-31-32-33-34-35-36-37-39-41-43-45-47-49-51-53-55-57-59-61-63-68(79)74(84)76-66(65-85-75-73(83)72(82)71(81)69(64-77)86-75)70(80)67(78)62-60-58-56-54-52-50-48-46-44-42-40-38-28-26-24-22-20-18-16-14-12-10-8-6-4-2/h31-32,54,56,66-73,75,77-83H,3-30,33-53,55,57-65H2,1-2H3,(H,76,84)/b32-31-,56-54+. The molecule has 11 nitrogen and oxygen atoms in total. The van der Waals surface area contributed by atoms with Crippen molar-refractivity contribution in [1.29, 1.82) is 0 Å². The lowest BCUT2D eigenvalue weighted by Crippen LogP contribution is -2.60. The van der Waals surface area contributed by atoms with Crippen LogP contribution in [-0.4, -0.2) is 110 Å². The van der Waals surface area contributed by atoms with E-state index in [4.69, 9.17) is 9.47 Å². The number of nitrogens with one attached hydrogen (secondary N) is 1. The van der Waals surface area contributed by atoms with E-state index in [0.29, 0.717) is 12.8 Å². The van der Waals surface area contributed by atoms with E-state index in [2.05, 4.69) is 43.5 Å². The van der Waals surface area contributed by atoms with E-state index in [0.717, 1.165) is 38.5 Å². The molecular formula is C75H145NO10. The first-order chi connectivity index (χ1) is 42.2. The quantitative estimate of drug-likeness (QED) is 0.0215. The van der Waals surface area contributed by atoms with Crippen LogP contribution in [0.4, 0.5) is 0 Å². The number of allylic oxidation sites excluding steroid dienone is 4. The maximum absolute atomic E-state index is 13.3. The molecule has 0 saturated carbocycles. The van der Waals surface area contributed by atoms with Crippen molar-refractivity contribution in [2.45, 2.75) is 435 Å². The fraction of sp³-hybridized carbons (Fsp3) is 0.933. The van der Waals surface area contributed by atoms with Crippen molar-refractivity contribution in [2.75, 3.05) is 13.2 Å². The summed E-state index contributed by atoms with van der Waals surface area (Å²) in [6.07, 6.45) is 70.0. The van der Waals surface area contributed by atoms with Gasteiger partial charge in [0.25, 0.3) is 0 Å². The predicted octanol–water partition coefficient (Wildman–Crippen LogP) is 18.8. The molecular weight excluding hydrogens is 1070 g/mol. The van der Waals surface area contributed by atoms with Crippen molar-refractivity contribution in [2.24, 2.45) is 0 Å². The number of aliphatic hydroxyl groups is 7. The molecule has 1 heterocycles. The van der Waals surface area contributed by atoms with Gasteiger partial charge >= 0.3 is 0 Å². The van der Waals surface area contributed by atoms with Crippen LogP contribution in [0.5, 0.6) is 0 Å². The highest BCUT2D eigenvalue weighted by molar-refractivity contribution is 5.80. The van der Waals surface area contributed by atoms with E-state index < -0.39 is 74.2 Å². The zero-order valence-corrected chi connectivity index (χ0v) is 56.6.